The Balaban J connectivity index is 0.943. The van der Waals surface area contributed by atoms with Crippen LogP contribution in [0.1, 0.15) is 45.2 Å². The van der Waals surface area contributed by atoms with Gasteiger partial charge in [0.15, 0.2) is 0 Å². The molecule has 1 heteroatoms. The minimum atomic E-state index is 0.131. The lowest BCUT2D eigenvalue weighted by molar-refractivity contribution is 1.01. The van der Waals surface area contributed by atoms with Gasteiger partial charge in [0, 0.05) is 28.3 Å². The molecule has 2 atom stereocenters. The molecule has 0 saturated carbocycles. The quantitative estimate of drug-likeness (QED) is 0.167. The number of para-hydroxylation sites is 2. The summed E-state index contributed by atoms with van der Waals surface area (Å²) in [5, 5.41) is 2.57. The summed E-state index contributed by atoms with van der Waals surface area (Å²) >= 11 is 0. The third-order valence-electron chi connectivity index (χ3n) is 12.6. The Bertz CT molecular complexity index is 3130. The summed E-state index contributed by atoms with van der Waals surface area (Å²) < 4.78 is 2.43. The molecule has 0 N–H and O–H groups in total. The molecule has 0 radical (unpaired) electrons. The average Bonchev–Trinajstić information content (AvgIpc) is 3.92. The molecule has 0 amide bonds. The molecule has 1 heterocycles. The van der Waals surface area contributed by atoms with Gasteiger partial charge in [-0.1, -0.05) is 182 Å². The largest absolute Gasteiger partial charge is 0.309 e. The molecular formula is C56H37N. The first-order valence-electron chi connectivity index (χ1n) is 20.0. The predicted molar refractivity (Wildman–Crippen MR) is 237 cm³/mol. The second kappa shape index (κ2) is 12.7. The zero-order valence-corrected chi connectivity index (χ0v) is 31.3. The van der Waals surface area contributed by atoms with Crippen molar-refractivity contribution in [2.24, 2.45) is 0 Å². The van der Waals surface area contributed by atoms with E-state index in [9.17, 15) is 0 Å². The number of hydrogen-bond donors (Lipinski definition) is 0. The highest BCUT2D eigenvalue weighted by atomic mass is 15.0. The monoisotopic (exact) mass is 723 g/mol. The summed E-state index contributed by atoms with van der Waals surface area (Å²) in [6, 6.07) is 78.9. The minimum absolute atomic E-state index is 0.131. The first-order valence-corrected chi connectivity index (χ1v) is 20.0. The van der Waals surface area contributed by atoms with Crippen LogP contribution in [0.3, 0.4) is 0 Å². The van der Waals surface area contributed by atoms with Crippen molar-refractivity contribution in [2.75, 3.05) is 0 Å². The molecule has 9 aromatic carbocycles. The van der Waals surface area contributed by atoms with Gasteiger partial charge in [-0.25, -0.2) is 0 Å². The van der Waals surface area contributed by atoms with Gasteiger partial charge in [-0.3, -0.25) is 0 Å². The van der Waals surface area contributed by atoms with Gasteiger partial charge in [0.05, 0.1) is 11.0 Å². The molecule has 2 aliphatic rings. The van der Waals surface area contributed by atoms with Crippen LogP contribution in [0.4, 0.5) is 0 Å². The molecule has 0 saturated heterocycles. The summed E-state index contributed by atoms with van der Waals surface area (Å²) in [4.78, 5) is 0. The van der Waals surface area contributed by atoms with Gasteiger partial charge in [0.2, 0.25) is 0 Å². The fourth-order valence-corrected chi connectivity index (χ4v) is 10.1. The van der Waals surface area contributed by atoms with Crippen LogP contribution in [0.5, 0.6) is 0 Å². The van der Waals surface area contributed by atoms with Crippen LogP contribution < -0.4 is 0 Å². The molecular weight excluding hydrogens is 687 g/mol. The molecule has 0 spiro atoms. The Hall–Kier alpha value is -7.22. The van der Waals surface area contributed by atoms with Crippen LogP contribution in [0.25, 0.3) is 72.0 Å². The van der Waals surface area contributed by atoms with E-state index in [1.165, 1.54) is 105 Å². The van der Waals surface area contributed by atoms with E-state index in [0.717, 1.165) is 0 Å². The van der Waals surface area contributed by atoms with Crippen molar-refractivity contribution in [3.63, 3.8) is 0 Å². The Morgan fingerprint density at radius 1 is 0.281 bits per heavy atom. The molecule has 0 aliphatic heterocycles. The fraction of sp³-hybridized carbons (Fsp3) is 0.0357. The van der Waals surface area contributed by atoms with Gasteiger partial charge >= 0.3 is 0 Å². The molecule has 10 aromatic rings. The average molecular weight is 724 g/mol. The van der Waals surface area contributed by atoms with Crippen molar-refractivity contribution >= 4 is 21.8 Å². The van der Waals surface area contributed by atoms with E-state index in [-0.39, 0.29) is 11.8 Å². The van der Waals surface area contributed by atoms with Crippen molar-refractivity contribution in [1.82, 2.24) is 4.57 Å². The third kappa shape index (κ3) is 4.89. The van der Waals surface area contributed by atoms with Crippen molar-refractivity contribution in [2.45, 2.75) is 11.8 Å². The van der Waals surface area contributed by atoms with Crippen LogP contribution in [-0.4, -0.2) is 4.57 Å². The van der Waals surface area contributed by atoms with E-state index >= 15 is 0 Å². The standard InChI is InChI=1S/C56H37N/c1-2-14-36(15-3-1)39-30-32-49-51(34-39)42-17-5-8-22-47(42)55(49)38-28-26-37(27-29-38)41-16-4-7-21-46(41)56-48-23-9-6-18-43(48)52-35-40(31-33-50(52)56)57-53-24-12-10-19-44(53)45-20-11-13-25-54(45)57/h1-35,55-56H. The van der Waals surface area contributed by atoms with E-state index in [4.69, 9.17) is 0 Å². The maximum absolute atomic E-state index is 2.43. The number of aromatic nitrogens is 1. The number of fused-ring (bicyclic) bond motifs is 9. The molecule has 266 valence electrons. The van der Waals surface area contributed by atoms with Gasteiger partial charge in [-0.2, -0.15) is 0 Å². The van der Waals surface area contributed by atoms with Crippen LogP contribution in [0.15, 0.2) is 212 Å². The Kier molecular flexibility index (Phi) is 7.12. The van der Waals surface area contributed by atoms with Gasteiger partial charge in [-0.05, 0) is 108 Å². The normalized spacial score (nSPS) is 15.0. The zero-order valence-electron chi connectivity index (χ0n) is 31.3. The van der Waals surface area contributed by atoms with Crippen LogP contribution in [0, 0.1) is 0 Å². The lowest BCUT2D eigenvalue weighted by Crippen LogP contribution is -2.03. The molecule has 57 heavy (non-hydrogen) atoms. The van der Waals surface area contributed by atoms with Gasteiger partial charge < -0.3 is 4.57 Å². The highest BCUT2D eigenvalue weighted by molar-refractivity contribution is 6.09. The summed E-state index contributed by atoms with van der Waals surface area (Å²) in [5.41, 5.74) is 22.1. The fourth-order valence-electron chi connectivity index (χ4n) is 10.1. The van der Waals surface area contributed by atoms with E-state index in [0.29, 0.717) is 0 Å². The Morgan fingerprint density at radius 3 is 1.44 bits per heavy atom. The van der Waals surface area contributed by atoms with Gasteiger partial charge in [-0.15, -0.1) is 0 Å². The lowest BCUT2D eigenvalue weighted by atomic mass is 9.83. The van der Waals surface area contributed by atoms with Crippen LogP contribution in [-0.2, 0) is 0 Å². The topological polar surface area (TPSA) is 4.93 Å². The highest BCUT2D eigenvalue weighted by Crippen LogP contribution is 2.52. The van der Waals surface area contributed by atoms with Gasteiger partial charge in [0.25, 0.3) is 0 Å². The predicted octanol–water partition coefficient (Wildman–Crippen LogP) is 14.4. The highest BCUT2D eigenvalue weighted by Gasteiger charge is 2.33. The third-order valence-corrected chi connectivity index (χ3v) is 12.6. The van der Waals surface area contributed by atoms with Crippen molar-refractivity contribution in [3.8, 4) is 50.2 Å². The van der Waals surface area contributed by atoms with Crippen LogP contribution in [0.2, 0.25) is 0 Å². The summed E-state index contributed by atoms with van der Waals surface area (Å²) in [5.74, 6) is 0.328. The second-order valence-electron chi connectivity index (χ2n) is 15.6. The first-order chi connectivity index (χ1) is 28.3. The smallest absolute Gasteiger partial charge is 0.0541 e. The van der Waals surface area contributed by atoms with Crippen molar-refractivity contribution in [1.29, 1.82) is 0 Å². The number of rotatable bonds is 5. The minimum Gasteiger partial charge on any atom is -0.309 e. The number of benzene rings is 9. The molecule has 2 aliphatic carbocycles. The Morgan fingerprint density at radius 2 is 0.754 bits per heavy atom. The van der Waals surface area contributed by atoms with E-state index < -0.39 is 0 Å². The first kappa shape index (κ1) is 32.1. The molecule has 12 rings (SSSR count). The van der Waals surface area contributed by atoms with E-state index in [2.05, 4.69) is 217 Å². The molecule has 1 aromatic heterocycles. The molecule has 0 fully saturated rings. The Labute approximate surface area is 332 Å². The van der Waals surface area contributed by atoms with E-state index in [1.807, 2.05) is 0 Å². The summed E-state index contributed by atoms with van der Waals surface area (Å²) in [6.07, 6.45) is 0. The lowest BCUT2D eigenvalue weighted by Gasteiger charge is -2.20. The SMILES string of the molecule is c1ccc(-c2ccc3c(c2)-c2ccccc2C3c2ccc(-c3ccccc3C3c4ccccc4-c4cc(-n5c6ccccc6c6ccccc65)ccc43)cc2)cc1. The summed E-state index contributed by atoms with van der Waals surface area (Å²) in [6.45, 7) is 0. The zero-order chi connectivity index (χ0) is 37.5. The van der Waals surface area contributed by atoms with Crippen molar-refractivity contribution in [3.05, 3.63) is 246 Å². The molecule has 2 unspecified atom stereocenters. The maximum atomic E-state index is 2.43. The molecule has 0 bridgehead atoms. The summed E-state index contributed by atoms with van der Waals surface area (Å²) in [7, 11) is 0. The second-order valence-corrected chi connectivity index (χ2v) is 15.6. The van der Waals surface area contributed by atoms with Crippen LogP contribution >= 0.6 is 0 Å². The maximum Gasteiger partial charge on any atom is 0.0541 e. The van der Waals surface area contributed by atoms with Gasteiger partial charge in [0.1, 0.15) is 0 Å². The number of hydrogen-bond acceptors (Lipinski definition) is 0. The molecule has 1 nitrogen and oxygen atoms in total. The number of nitrogens with zero attached hydrogens (tertiary/aromatic N) is 1. The van der Waals surface area contributed by atoms with Crippen molar-refractivity contribution < 1.29 is 0 Å². The van der Waals surface area contributed by atoms with E-state index in [1.54, 1.807) is 0 Å².